The Balaban J connectivity index is 1.46. The van der Waals surface area contributed by atoms with Crippen molar-refractivity contribution in [3.63, 3.8) is 0 Å². The van der Waals surface area contributed by atoms with E-state index in [9.17, 15) is 9.59 Å². The number of aromatic nitrogens is 2. The van der Waals surface area contributed by atoms with Gasteiger partial charge in [0.05, 0.1) is 12.9 Å². The summed E-state index contributed by atoms with van der Waals surface area (Å²) in [5.74, 6) is 0.939. The predicted molar refractivity (Wildman–Crippen MR) is 143 cm³/mol. The Kier molecular flexibility index (Phi) is 7.45. The lowest BCUT2D eigenvalue weighted by Gasteiger charge is -2.26. The highest BCUT2D eigenvalue weighted by Crippen LogP contribution is 2.35. The topological polar surface area (TPSA) is 73.2 Å². The molecule has 1 aliphatic rings. The number of imidazole rings is 1. The Hall–Kier alpha value is -4.19. The number of hydrogen-bond acceptors (Lipinski definition) is 4. The van der Waals surface area contributed by atoms with Gasteiger partial charge in [0.25, 0.3) is 5.91 Å². The average molecular weight is 494 g/mol. The zero-order chi connectivity index (χ0) is 25.6. The van der Waals surface area contributed by atoms with Gasteiger partial charge in [0.1, 0.15) is 11.9 Å². The van der Waals surface area contributed by atoms with E-state index in [1.807, 2.05) is 65.4 Å². The minimum atomic E-state index is -0.210. The fourth-order valence-corrected chi connectivity index (χ4v) is 5.02. The summed E-state index contributed by atoms with van der Waals surface area (Å²) in [6.45, 7) is 0.625. The van der Waals surface area contributed by atoms with Gasteiger partial charge < -0.3 is 14.6 Å². The molecule has 6 heteroatoms. The lowest BCUT2D eigenvalue weighted by molar-refractivity contribution is 0.0958. The second kappa shape index (κ2) is 11.2. The number of fused-ring (bicyclic) bond motifs is 1. The molecule has 1 atom stereocenters. The highest BCUT2D eigenvalue weighted by molar-refractivity contribution is 5.99. The van der Waals surface area contributed by atoms with E-state index in [1.54, 1.807) is 19.6 Å². The van der Waals surface area contributed by atoms with Crippen LogP contribution in [0.3, 0.4) is 0 Å². The van der Waals surface area contributed by atoms with E-state index in [0.29, 0.717) is 18.5 Å². The van der Waals surface area contributed by atoms with Crippen LogP contribution in [0.25, 0.3) is 0 Å². The lowest BCUT2D eigenvalue weighted by Crippen LogP contribution is -2.18. The summed E-state index contributed by atoms with van der Waals surface area (Å²) >= 11 is 0. The molecule has 4 aromatic rings. The molecule has 0 saturated carbocycles. The van der Waals surface area contributed by atoms with Crippen LogP contribution in [-0.4, -0.2) is 28.3 Å². The number of ether oxygens (including phenoxy) is 1. The fourth-order valence-electron chi connectivity index (χ4n) is 5.02. The highest BCUT2D eigenvalue weighted by atomic mass is 16.5. The van der Waals surface area contributed by atoms with E-state index >= 15 is 0 Å². The van der Waals surface area contributed by atoms with Crippen LogP contribution in [-0.2, 0) is 25.8 Å². The Morgan fingerprint density at radius 2 is 1.84 bits per heavy atom. The van der Waals surface area contributed by atoms with Crippen LogP contribution in [0, 0.1) is 0 Å². The Labute approximate surface area is 217 Å². The summed E-state index contributed by atoms with van der Waals surface area (Å²) in [6.07, 6.45) is 9.17. The first-order valence-corrected chi connectivity index (χ1v) is 12.8. The molecule has 0 bridgehead atoms. The molecule has 3 aromatic carbocycles. The molecule has 0 saturated heterocycles. The van der Waals surface area contributed by atoms with Gasteiger partial charge in [0.15, 0.2) is 5.78 Å². The number of Topliss-reactive ketones (excluding diaryl/α,β-unsaturated/α-hetero) is 1. The summed E-state index contributed by atoms with van der Waals surface area (Å²) in [6, 6.07) is 21.8. The number of rotatable bonds is 9. The number of benzene rings is 3. The molecule has 188 valence electrons. The number of nitrogens with zero attached hydrogens (tertiary/aromatic N) is 2. The first-order chi connectivity index (χ1) is 18.1. The van der Waals surface area contributed by atoms with Crippen molar-refractivity contribution in [1.82, 2.24) is 14.9 Å². The number of aryl methyl sites for hydroxylation is 1. The Morgan fingerprint density at radius 1 is 1.03 bits per heavy atom. The van der Waals surface area contributed by atoms with Gasteiger partial charge in [0, 0.05) is 37.0 Å². The standard InChI is InChI=1S/C31H31N3O3/c1-32-31(36)24-13-10-22(11-14-24)12-15-27-25-8-5-9-28(35)26(25)16-17-29(27)37-30(20-34-19-18-33-21-34)23-6-3-2-4-7-23/h2-4,6-7,10-11,13-14,16-19,21,30H,5,8-9,12,15,20H2,1H3,(H,32,36)/t30-/m1/s1. The summed E-state index contributed by atoms with van der Waals surface area (Å²) in [5.41, 5.74) is 5.91. The summed E-state index contributed by atoms with van der Waals surface area (Å²) in [4.78, 5) is 28.8. The van der Waals surface area contributed by atoms with Crippen LogP contribution in [0.5, 0.6) is 5.75 Å². The van der Waals surface area contributed by atoms with Crippen LogP contribution >= 0.6 is 0 Å². The lowest BCUT2D eigenvalue weighted by atomic mass is 9.85. The molecule has 0 aliphatic heterocycles. The second-order valence-corrected chi connectivity index (χ2v) is 9.40. The number of carbonyl (C=O) groups excluding carboxylic acids is 2. The smallest absolute Gasteiger partial charge is 0.251 e. The summed E-state index contributed by atoms with van der Waals surface area (Å²) in [7, 11) is 1.63. The first kappa shape index (κ1) is 24.5. The monoisotopic (exact) mass is 493 g/mol. The number of ketones is 1. The zero-order valence-corrected chi connectivity index (χ0v) is 21.0. The molecule has 1 amide bonds. The number of carbonyl (C=O) groups is 2. The number of nitrogens with one attached hydrogen (secondary N) is 1. The van der Waals surface area contributed by atoms with Gasteiger partial charge in [0.2, 0.25) is 0 Å². The molecule has 5 rings (SSSR count). The van der Waals surface area contributed by atoms with Crippen LogP contribution in [0.1, 0.15) is 61.9 Å². The van der Waals surface area contributed by atoms with Gasteiger partial charge in [-0.25, -0.2) is 4.98 Å². The van der Waals surface area contributed by atoms with Gasteiger partial charge in [-0.1, -0.05) is 42.5 Å². The molecule has 0 spiro atoms. The summed E-state index contributed by atoms with van der Waals surface area (Å²) < 4.78 is 8.77. The van der Waals surface area contributed by atoms with E-state index in [0.717, 1.165) is 59.3 Å². The fraction of sp³-hybridized carbons (Fsp3) is 0.258. The van der Waals surface area contributed by atoms with Crippen LogP contribution in [0.4, 0.5) is 0 Å². The van der Waals surface area contributed by atoms with Gasteiger partial charge in [-0.3, -0.25) is 9.59 Å². The van der Waals surface area contributed by atoms with E-state index in [-0.39, 0.29) is 17.8 Å². The third-order valence-corrected chi connectivity index (χ3v) is 7.00. The van der Waals surface area contributed by atoms with Gasteiger partial charge in [-0.15, -0.1) is 0 Å². The molecule has 1 heterocycles. The maximum absolute atomic E-state index is 12.7. The highest BCUT2D eigenvalue weighted by Gasteiger charge is 2.24. The molecule has 1 N–H and O–H groups in total. The SMILES string of the molecule is CNC(=O)c1ccc(CCc2c(O[C@H](Cn3ccnc3)c3ccccc3)ccc3c2CCCC3=O)cc1. The second-order valence-electron chi connectivity index (χ2n) is 9.40. The first-order valence-electron chi connectivity index (χ1n) is 12.8. The normalized spacial score (nSPS) is 13.6. The van der Waals surface area contributed by atoms with Crippen LogP contribution < -0.4 is 10.1 Å². The van der Waals surface area contributed by atoms with Crippen LogP contribution in [0.2, 0.25) is 0 Å². The van der Waals surface area contributed by atoms with E-state index in [4.69, 9.17) is 4.74 Å². The Morgan fingerprint density at radius 3 is 2.57 bits per heavy atom. The third-order valence-electron chi connectivity index (χ3n) is 7.00. The zero-order valence-electron chi connectivity index (χ0n) is 21.0. The summed E-state index contributed by atoms with van der Waals surface area (Å²) in [5, 5.41) is 2.66. The van der Waals surface area contributed by atoms with Crippen molar-refractivity contribution < 1.29 is 14.3 Å². The largest absolute Gasteiger partial charge is 0.484 e. The van der Waals surface area contributed by atoms with Crippen molar-refractivity contribution in [2.24, 2.45) is 0 Å². The maximum Gasteiger partial charge on any atom is 0.251 e. The molecule has 1 aromatic heterocycles. The third kappa shape index (κ3) is 5.64. The molecule has 6 nitrogen and oxygen atoms in total. The van der Waals surface area contributed by atoms with Crippen molar-refractivity contribution in [2.45, 2.75) is 44.8 Å². The molecule has 0 radical (unpaired) electrons. The van der Waals surface area contributed by atoms with Gasteiger partial charge >= 0.3 is 0 Å². The van der Waals surface area contributed by atoms with Crippen molar-refractivity contribution >= 4 is 11.7 Å². The molecular weight excluding hydrogens is 462 g/mol. The van der Waals surface area contributed by atoms with E-state index in [1.165, 1.54) is 0 Å². The van der Waals surface area contributed by atoms with Crippen molar-refractivity contribution in [3.05, 3.63) is 119 Å². The van der Waals surface area contributed by atoms with E-state index in [2.05, 4.69) is 22.4 Å². The minimum absolute atomic E-state index is 0.0947. The molecule has 0 fully saturated rings. The van der Waals surface area contributed by atoms with Crippen molar-refractivity contribution in [2.75, 3.05) is 7.05 Å². The minimum Gasteiger partial charge on any atom is -0.484 e. The van der Waals surface area contributed by atoms with Crippen LogP contribution in [0.15, 0.2) is 85.5 Å². The molecule has 37 heavy (non-hydrogen) atoms. The van der Waals surface area contributed by atoms with Crippen molar-refractivity contribution in [3.8, 4) is 5.75 Å². The Bertz CT molecular complexity index is 1360. The number of hydrogen-bond donors (Lipinski definition) is 1. The molecule has 1 aliphatic carbocycles. The molecule has 0 unspecified atom stereocenters. The molecular formula is C31H31N3O3. The predicted octanol–water partition coefficient (Wildman–Crippen LogP) is 5.37. The average Bonchev–Trinajstić information content (AvgIpc) is 3.46. The number of amides is 1. The maximum atomic E-state index is 12.7. The quantitative estimate of drug-likeness (QED) is 0.340. The van der Waals surface area contributed by atoms with Gasteiger partial charge in [-0.05, 0) is 72.2 Å². The van der Waals surface area contributed by atoms with Crippen molar-refractivity contribution in [1.29, 1.82) is 0 Å². The van der Waals surface area contributed by atoms with E-state index < -0.39 is 0 Å². The van der Waals surface area contributed by atoms with Gasteiger partial charge in [-0.2, -0.15) is 0 Å².